The molecular formula is C20H15F3O5. The Hall–Kier alpha value is -3.16. The Morgan fingerprint density at radius 2 is 1.39 bits per heavy atom. The number of ether oxygens (including phenoxy) is 2. The van der Waals surface area contributed by atoms with Crippen molar-refractivity contribution in [3.63, 3.8) is 0 Å². The molecule has 0 spiro atoms. The van der Waals surface area contributed by atoms with Crippen LogP contribution in [0.2, 0.25) is 0 Å². The maximum atomic E-state index is 12.6. The zero-order chi connectivity index (χ0) is 20.5. The molecule has 1 fully saturated rings. The molecule has 0 aliphatic heterocycles. The smallest absolute Gasteiger partial charge is 0.416 e. The van der Waals surface area contributed by atoms with Crippen molar-refractivity contribution in [1.82, 2.24) is 0 Å². The largest absolute Gasteiger partial charge is 0.483 e. The summed E-state index contributed by atoms with van der Waals surface area (Å²) in [6.45, 7) is 1.45. The van der Waals surface area contributed by atoms with E-state index < -0.39 is 41.1 Å². The molecule has 0 amide bonds. The van der Waals surface area contributed by atoms with Crippen LogP contribution >= 0.6 is 0 Å². The molecule has 2 aromatic carbocycles. The van der Waals surface area contributed by atoms with Gasteiger partial charge in [0, 0.05) is 0 Å². The van der Waals surface area contributed by atoms with Crippen molar-refractivity contribution in [3.05, 3.63) is 54.1 Å². The summed E-state index contributed by atoms with van der Waals surface area (Å²) in [6, 6.07) is 10.3. The minimum absolute atomic E-state index is 0.209. The van der Waals surface area contributed by atoms with Gasteiger partial charge in [-0.2, -0.15) is 13.2 Å². The molecule has 0 bridgehead atoms. The molecule has 28 heavy (non-hydrogen) atoms. The van der Waals surface area contributed by atoms with E-state index >= 15 is 0 Å². The third kappa shape index (κ3) is 4.21. The molecule has 1 atom stereocenters. The molecule has 0 N–H and O–H groups in total. The van der Waals surface area contributed by atoms with Crippen LogP contribution in [-0.2, 0) is 20.6 Å². The van der Waals surface area contributed by atoms with Crippen molar-refractivity contribution in [2.24, 2.45) is 5.92 Å². The van der Waals surface area contributed by atoms with E-state index in [1.807, 2.05) is 0 Å². The number of rotatable bonds is 6. The first kappa shape index (κ1) is 19.6. The van der Waals surface area contributed by atoms with E-state index in [1.165, 1.54) is 43.3 Å². The summed E-state index contributed by atoms with van der Waals surface area (Å²) in [5.74, 6) is -1.69. The molecule has 146 valence electrons. The topological polar surface area (TPSA) is 69.7 Å². The predicted molar refractivity (Wildman–Crippen MR) is 91.2 cm³/mol. The van der Waals surface area contributed by atoms with Crippen molar-refractivity contribution < 1.29 is 37.0 Å². The third-order valence-corrected chi connectivity index (χ3v) is 4.23. The van der Waals surface area contributed by atoms with Crippen molar-refractivity contribution >= 4 is 17.3 Å². The molecule has 1 unspecified atom stereocenters. The fraction of sp³-hybridized carbons (Fsp3) is 0.250. The summed E-state index contributed by atoms with van der Waals surface area (Å²) in [6.07, 6.45) is -5.60. The van der Waals surface area contributed by atoms with Crippen molar-refractivity contribution in [2.75, 3.05) is 0 Å². The minimum atomic E-state index is -4.42. The molecule has 0 aromatic heterocycles. The van der Waals surface area contributed by atoms with Crippen LogP contribution in [0.1, 0.15) is 18.9 Å². The van der Waals surface area contributed by atoms with Crippen LogP contribution in [0.25, 0.3) is 0 Å². The number of hydrogen-bond acceptors (Lipinski definition) is 5. The third-order valence-electron chi connectivity index (χ3n) is 4.23. The van der Waals surface area contributed by atoms with E-state index in [0.717, 1.165) is 12.1 Å². The number of hydrogen-bond donors (Lipinski definition) is 0. The van der Waals surface area contributed by atoms with Gasteiger partial charge in [0.15, 0.2) is 23.5 Å². The second-order valence-electron chi connectivity index (χ2n) is 6.30. The molecule has 1 aliphatic carbocycles. The molecule has 1 aliphatic rings. The summed E-state index contributed by atoms with van der Waals surface area (Å²) in [5, 5.41) is 0. The fourth-order valence-electron chi connectivity index (χ4n) is 2.67. The van der Waals surface area contributed by atoms with Gasteiger partial charge in [0.1, 0.15) is 23.2 Å². The van der Waals surface area contributed by atoms with Crippen LogP contribution in [0.5, 0.6) is 17.2 Å². The minimum Gasteiger partial charge on any atom is -0.483 e. The van der Waals surface area contributed by atoms with Gasteiger partial charge < -0.3 is 9.47 Å². The Morgan fingerprint density at radius 1 is 0.929 bits per heavy atom. The van der Waals surface area contributed by atoms with E-state index in [0.29, 0.717) is 11.5 Å². The molecule has 5 nitrogen and oxygen atoms in total. The normalized spacial score (nSPS) is 15.7. The van der Waals surface area contributed by atoms with Gasteiger partial charge in [-0.25, -0.2) is 0 Å². The first-order valence-corrected chi connectivity index (χ1v) is 8.36. The number of Topliss-reactive ketones (excluding diaryl/α,β-unsaturated/α-hetero) is 3. The van der Waals surface area contributed by atoms with E-state index in [2.05, 4.69) is 0 Å². The lowest BCUT2D eigenvalue weighted by molar-refractivity contribution is -0.151. The number of halogens is 3. The average molecular weight is 392 g/mol. The zero-order valence-corrected chi connectivity index (χ0v) is 14.7. The number of ketones is 3. The van der Waals surface area contributed by atoms with Crippen LogP contribution in [0, 0.1) is 5.92 Å². The maximum absolute atomic E-state index is 12.6. The Kier molecular flexibility index (Phi) is 5.22. The molecule has 2 aromatic rings. The van der Waals surface area contributed by atoms with Crippen molar-refractivity contribution in [2.45, 2.75) is 25.6 Å². The Bertz CT molecular complexity index is 887. The van der Waals surface area contributed by atoms with Gasteiger partial charge in [0.05, 0.1) is 12.0 Å². The zero-order valence-electron chi connectivity index (χ0n) is 14.7. The lowest BCUT2D eigenvalue weighted by Crippen LogP contribution is -2.47. The van der Waals surface area contributed by atoms with Crippen molar-refractivity contribution in [1.29, 1.82) is 0 Å². The molecule has 0 saturated heterocycles. The molecule has 8 heteroatoms. The van der Waals surface area contributed by atoms with E-state index in [9.17, 15) is 27.6 Å². The molecule has 3 rings (SSSR count). The second kappa shape index (κ2) is 7.46. The highest BCUT2D eigenvalue weighted by molar-refractivity contribution is 6.33. The first-order chi connectivity index (χ1) is 13.1. The summed E-state index contributed by atoms with van der Waals surface area (Å²) < 4.78 is 48.6. The van der Waals surface area contributed by atoms with Crippen LogP contribution in [0.15, 0.2) is 48.5 Å². The summed E-state index contributed by atoms with van der Waals surface area (Å²) >= 11 is 0. The van der Waals surface area contributed by atoms with Crippen molar-refractivity contribution in [3.8, 4) is 17.2 Å². The molecule has 0 heterocycles. The first-order valence-electron chi connectivity index (χ1n) is 8.36. The van der Waals surface area contributed by atoms with Gasteiger partial charge in [-0.1, -0.05) is 0 Å². The van der Waals surface area contributed by atoms with E-state index in [4.69, 9.17) is 9.47 Å². The highest BCUT2D eigenvalue weighted by Crippen LogP contribution is 2.32. The Labute approximate surface area is 158 Å². The van der Waals surface area contributed by atoms with E-state index in [1.54, 1.807) is 0 Å². The van der Waals surface area contributed by atoms with Gasteiger partial charge >= 0.3 is 6.18 Å². The Balaban J connectivity index is 1.59. The van der Waals surface area contributed by atoms with Crippen LogP contribution in [0.3, 0.4) is 0 Å². The number of carbonyl (C=O) groups is 3. The lowest BCUT2D eigenvalue weighted by atomic mass is 9.78. The molecule has 0 radical (unpaired) electrons. The SMILES string of the molecule is CC(Oc1ccc(Oc2ccc(C(F)(F)F)cc2)cc1)C(=O)C1C(=O)CC1=O. The second-order valence-corrected chi connectivity index (χ2v) is 6.30. The van der Waals surface area contributed by atoms with Crippen LogP contribution in [-0.4, -0.2) is 23.5 Å². The standard InChI is InChI=1S/C20H15F3O5/c1-11(19(26)18-16(24)10-17(18)25)27-13-6-8-15(9-7-13)28-14-4-2-12(3-5-14)20(21,22)23/h2-9,11,18H,10H2,1H3. The molecular weight excluding hydrogens is 377 g/mol. The number of alkyl halides is 3. The number of benzene rings is 2. The van der Waals surface area contributed by atoms with Gasteiger partial charge in [-0.05, 0) is 55.5 Å². The monoisotopic (exact) mass is 392 g/mol. The quantitative estimate of drug-likeness (QED) is 0.696. The van der Waals surface area contributed by atoms with Crippen LogP contribution in [0.4, 0.5) is 13.2 Å². The Morgan fingerprint density at radius 3 is 1.86 bits per heavy atom. The van der Waals surface area contributed by atoms with Crippen LogP contribution < -0.4 is 9.47 Å². The highest BCUT2D eigenvalue weighted by atomic mass is 19.4. The summed E-state index contributed by atoms with van der Waals surface area (Å²) in [4.78, 5) is 34.8. The van der Waals surface area contributed by atoms with E-state index in [-0.39, 0.29) is 12.2 Å². The molecule has 1 saturated carbocycles. The summed E-state index contributed by atoms with van der Waals surface area (Å²) in [7, 11) is 0. The highest BCUT2D eigenvalue weighted by Gasteiger charge is 2.45. The lowest BCUT2D eigenvalue weighted by Gasteiger charge is -2.24. The predicted octanol–water partition coefficient (Wildman–Crippen LogP) is 3.99. The number of carbonyl (C=O) groups excluding carboxylic acids is 3. The van der Waals surface area contributed by atoms with Gasteiger partial charge in [-0.15, -0.1) is 0 Å². The van der Waals surface area contributed by atoms with Gasteiger partial charge in [0.2, 0.25) is 0 Å². The average Bonchev–Trinajstić information content (AvgIpc) is 2.62. The summed E-state index contributed by atoms with van der Waals surface area (Å²) in [5.41, 5.74) is -0.773. The fourth-order valence-corrected chi connectivity index (χ4v) is 2.67. The maximum Gasteiger partial charge on any atom is 0.416 e. The van der Waals surface area contributed by atoms with Gasteiger partial charge in [-0.3, -0.25) is 14.4 Å². The van der Waals surface area contributed by atoms with Gasteiger partial charge in [0.25, 0.3) is 0 Å².